The van der Waals surface area contributed by atoms with Gasteiger partial charge in [-0.1, -0.05) is 5.16 Å². The van der Waals surface area contributed by atoms with Crippen molar-refractivity contribution in [2.45, 2.75) is 13.8 Å². The molecule has 1 heterocycles. The van der Waals surface area contributed by atoms with Crippen LogP contribution in [0.25, 0.3) is 0 Å². The summed E-state index contributed by atoms with van der Waals surface area (Å²) in [6, 6.07) is 3.06. The van der Waals surface area contributed by atoms with Gasteiger partial charge in [0.25, 0.3) is 0 Å². The monoisotopic (exact) mass is 245 g/mol. The Morgan fingerprint density at radius 1 is 1.28 bits per heavy atom. The molecular formula is C13H11NO4. The molecule has 1 aromatic heterocycles. The fourth-order valence-corrected chi connectivity index (χ4v) is 1.51. The van der Waals surface area contributed by atoms with Gasteiger partial charge in [0, 0.05) is 0 Å². The maximum absolute atomic E-state index is 11.5. The first-order chi connectivity index (χ1) is 8.58. The van der Waals surface area contributed by atoms with Gasteiger partial charge in [0.1, 0.15) is 5.71 Å². The molecule has 18 heavy (non-hydrogen) atoms. The van der Waals surface area contributed by atoms with E-state index in [0.29, 0.717) is 16.9 Å². The summed E-state index contributed by atoms with van der Waals surface area (Å²) in [6.07, 6.45) is 4.49. The Balaban J connectivity index is 2.11. The average molecular weight is 245 g/mol. The smallest absolute Gasteiger partial charge is 0.400 e. The number of oxime groups is 1. The molecule has 0 aliphatic heterocycles. The van der Waals surface area contributed by atoms with Crippen molar-refractivity contribution in [2.75, 3.05) is 0 Å². The van der Waals surface area contributed by atoms with E-state index in [1.807, 2.05) is 0 Å². The Hall–Kier alpha value is -2.43. The summed E-state index contributed by atoms with van der Waals surface area (Å²) in [7, 11) is 0. The molecule has 0 saturated carbocycles. The summed E-state index contributed by atoms with van der Waals surface area (Å²) in [6.45, 7) is 3.37. The minimum Gasteiger partial charge on any atom is -0.457 e. The fraction of sp³-hybridized carbons (Fsp3) is 0.154. The first-order valence-electron chi connectivity index (χ1n) is 5.32. The Morgan fingerprint density at radius 3 is 2.50 bits per heavy atom. The third kappa shape index (κ3) is 2.45. The molecule has 92 valence electrons. The normalized spacial score (nSPS) is 15.0. The van der Waals surface area contributed by atoms with Gasteiger partial charge in [-0.05, 0) is 49.3 Å². The Labute approximate surface area is 103 Å². The van der Waals surface area contributed by atoms with Crippen LogP contribution in [0, 0.1) is 0 Å². The van der Waals surface area contributed by atoms with Gasteiger partial charge in [-0.15, -0.1) is 0 Å². The van der Waals surface area contributed by atoms with Crippen molar-refractivity contribution in [1.82, 2.24) is 0 Å². The summed E-state index contributed by atoms with van der Waals surface area (Å²) < 4.78 is 4.87. The van der Waals surface area contributed by atoms with Gasteiger partial charge < -0.3 is 9.25 Å². The predicted molar refractivity (Wildman–Crippen MR) is 64.1 cm³/mol. The van der Waals surface area contributed by atoms with E-state index < -0.39 is 5.97 Å². The second kappa shape index (κ2) is 4.83. The number of carbonyl (C=O) groups is 2. The molecule has 5 nitrogen and oxygen atoms in total. The number of furan rings is 1. The largest absolute Gasteiger partial charge is 0.457 e. The summed E-state index contributed by atoms with van der Waals surface area (Å²) in [5.74, 6) is -0.638. The molecule has 0 N–H and O–H groups in total. The molecular weight excluding hydrogens is 234 g/mol. The predicted octanol–water partition coefficient (Wildman–Crippen LogP) is 2.27. The van der Waals surface area contributed by atoms with Crippen LogP contribution < -0.4 is 0 Å². The van der Waals surface area contributed by atoms with Crippen LogP contribution in [0.15, 0.2) is 51.3 Å². The van der Waals surface area contributed by atoms with Crippen molar-refractivity contribution in [3.63, 3.8) is 0 Å². The standard InChI is InChI=1S/C13H11NO4/c1-8-6-10(7-9(2)12(8)15)14-18-13(16)11-4-3-5-17-11/h3-7H,1-2H3. The van der Waals surface area contributed by atoms with Gasteiger partial charge in [0.05, 0.1) is 6.26 Å². The quantitative estimate of drug-likeness (QED) is 0.455. The lowest BCUT2D eigenvalue weighted by molar-refractivity contribution is -0.112. The molecule has 0 saturated heterocycles. The highest BCUT2D eigenvalue weighted by Gasteiger charge is 2.15. The van der Waals surface area contributed by atoms with Gasteiger partial charge in [-0.25, -0.2) is 4.79 Å². The number of hydrogen-bond donors (Lipinski definition) is 0. The number of allylic oxidation sites excluding steroid dienone is 4. The van der Waals surface area contributed by atoms with Crippen LogP contribution in [0.4, 0.5) is 0 Å². The summed E-state index contributed by atoms with van der Waals surface area (Å²) in [5, 5.41) is 3.68. The lowest BCUT2D eigenvalue weighted by atomic mass is 9.98. The molecule has 5 heteroatoms. The van der Waals surface area contributed by atoms with Gasteiger partial charge in [-0.3, -0.25) is 4.79 Å². The van der Waals surface area contributed by atoms with Crippen molar-refractivity contribution < 1.29 is 18.8 Å². The van der Waals surface area contributed by atoms with E-state index in [1.54, 1.807) is 32.1 Å². The molecule has 2 rings (SSSR count). The first kappa shape index (κ1) is 12.0. The minimum absolute atomic E-state index is 0.0358. The summed E-state index contributed by atoms with van der Waals surface area (Å²) >= 11 is 0. The number of hydrogen-bond acceptors (Lipinski definition) is 5. The number of ketones is 1. The fourth-order valence-electron chi connectivity index (χ4n) is 1.51. The molecule has 1 aliphatic carbocycles. The Kier molecular flexibility index (Phi) is 3.23. The maximum Gasteiger partial charge on any atom is 0.400 e. The molecule has 0 amide bonds. The Morgan fingerprint density at radius 2 is 1.94 bits per heavy atom. The van der Waals surface area contributed by atoms with Gasteiger partial charge in [0.15, 0.2) is 5.78 Å². The maximum atomic E-state index is 11.5. The highest BCUT2D eigenvalue weighted by Crippen LogP contribution is 2.12. The molecule has 1 aromatic rings. The van der Waals surface area contributed by atoms with E-state index in [4.69, 9.17) is 9.25 Å². The molecule has 0 spiro atoms. The van der Waals surface area contributed by atoms with Gasteiger partial charge in [0.2, 0.25) is 5.76 Å². The van der Waals surface area contributed by atoms with Crippen LogP contribution in [0.2, 0.25) is 0 Å². The molecule has 0 bridgehead atoms. The number of nitrogens with zero attached hydrogens (tertiary/aromatic N) is 1. The highest BCUT2D eigenvalue weighted by atomic mass is 16.7. The second-order valence-electron chi connectivity index (χ2n) is 3.86. The van der Waals surface area contributed by atoms with Crippen molar-refractivity contribution in [1.29, 1.82) is 0 Å². The zero-order chi connectivity index (χ0) is 13.1. The van der Waals surface area contributed by atoms with E-state index in [0.717, 1.165) is 0 Å². The highest BCUT2D eigenvalue weighted by molar-refractivity contribution is 6.21. The zero-order valence-corrected chi connectivity index (χ0v) is 9.97. The lowest BCUT2D eigenvalue weighted by Gasteiger charge is -2.07. The third-order valence-corrected chi connectivity index (χ3v) is 2.40. The zero-order valence-electron chi connectivity index (χ0n) is 9.97. The van der Waals surface area contributed by atoms with Crippen molar-refractivity contribution in [2.24, 2.45) is 5.16 Å². The molecule has 0 fully saturated rings. The van der Waals surface area contributed by atoms with Crippen molar-refractivity contribution in [3.8, 4) is 0 Å². The van der Waals surface area contributed by atoms with E-state index in [1.165, 1.54) is 12.3 Å². The molecule has 0 radical (unpaired) electrons. The SMILES string of the molecule is CC1=CC(=NOC(=O)c2ccco2)C=C(C)C1=O. The van der Waals surface area contributed by atoms with Gasteiger partial charge >= 0.3 is 5.97 Å². The molecule has 1 aliphatic rings. The van der Waals surface area contributed by atoms with Crippen LogP contribution in [0.5, 0.6) is 0 Å². The van der Waals surface area contributed by atoms with Crippen molar-refractivity contribution >= 4 is 17.5 Å². The summed E-state index contributed by atoms with van der Waals surface area (Å²) in [5.41, 5.74) is 1.54. The van der Waals surface area contributed by atoms with Crippen LogP contribution in [0.3, 0.4) is 0 Å². The van der Waals surface area contributed by atoms with E-state index in [9.17, 15) is 9.59 Å². The topological polar surface area (TPSA) is 68.9 Å². The molecule has 0 unspecified atom stereocenters. The summed E-state index contributed by atoms with van der Waals surface area (Å²) in [4.78, 5) is 27.6. The Bertz CT molecular complexity index is 552. The van der Waals surface area contributed by atoms with Crippen molar-refractivity contribution in [3.05, 3.63) is 47.5 Å². The van der Waals surface area contributed by atoms with E-state index >= 15 is 0 Å². The van der Waals surface area contributed by atoms with Crippen LogP contribution in [-0.4, -0.2) is 17.5 Å². The van der Waals surface area contributed by atoms with Crippen LogP contribution in [0.1, 0.15) is 24.4 Å². The first-order valence-corrected chi connectivity index (χ1v) is 5.32. The van der Waals surface area contributed by atoms with E-state index in [-0.39, 0.29) is 11.5 Å². The number of rotatable bonds is 2. The van der Waals surface area contributed by atoms with Gasteiger partial charge in [-0.2, -0.15) is 0 Å². The molecule has 0 aromatic carbocycles. The number of carbonyl (C=O) groups excluding carboxylic acids is 2. The lowest BCUT2D eigenvalue weighted by Crippen LogP contribution is -2.11. The second-order valence-corrected chi connectivity index (χ2v) is 3.86. The average Bonchev–Trinajstić information content (AvgIpc) is 2.86. The molecule has 0 atom stereocenters. The third-order valence-electron chi connectivity index (χ3n) is 2.40. The van der Waals surface area contributed by atoms with E-state index in [2.05, 4.69) is 5.16 Å². The van der Waals surface area contributed by atoms with Crippen LogP contribution in [-0.2, 0) is 9.63 Å². The minimum atomic E-state index is -0.679. The van der Waals surface area contributed by atoms with Crippen LogP contribution >= 0.6 is 0 Å². The number of Topliss-reactive ketones (excluding diaryl/α,β-unsaturated/α-hetero) is 1.